The van der Waals surface area contributed by atoms with Crippen molar-refractivity contribution in [2.75, 3.05) is 0 Å². The van der Waals surface area contributed by atoms with E-state index < -0.39 is 11.9 Å². The van der Waals surface area contributed by atoms with Crippen LogP contribution in [0.4, 0.5) is 0 Å². The average molecular weight is 304 g/mol. The van der Waals surface area contributed by atoms with Crippen molar-refractivity contribution in [2.45, 2.75) is 25.7 Å². The van der Waals surface area contributed by atoms with Crippen molar-refractivity contribution >= 4 is 23.9 Å². The molecule has 2 bridgehead atoms. The minimum atomic E-state index is -0.417. The minimum absolute atomic E-state index is 0.0738. The molecule has 0 spiro atoms. The predicted molar refractivity (Wildman–Crippen MR) is 68.6 cm³/mol. The van der Waals surface area contributed by atoms with Gasteiger partial charge in [0, 0.05) is 6.42 Å². The molecule has 2 heterocycles. The molecule has 0 radical (unpaired) electrons. The molecule has 8 atom stereocenters. The van der Waals surface area contributed by atoms with Crippen LogP contribution in [0.25, 0.3) is 0 Å². The van der Waals surface area contributed by atoms with Crippen molar-refractivity contribution in [3.8, 4) is 0 Å². The van der Waals surface area contributed by atoms with E-state index in [9.17, 15) is 19.2 Å². The van der Waals surface area contributed by atoms with Crippen LogP contribution >= 0.6 is 0 Å². The Morgan fingerprint density at radius 2 is 1.23 bits per heavy atom. The normalized spacial score (nSPS) is 52.0. The van der Waals surface area contributed by atoms with Crippen LogP contribution in [-0.2, 0) is 28.7 Å². The maximum absolute atomic E-state index is 12.1. The van der Waals surface area contributed by atoms with Crippen molar-refractivity contribution in [2.24, 2.45) is 47.3 Å². The van der Waals surface area contributed by atoms with Gasteiger partial charge in [0.15, 0.2) is 0 Å². The van der Waals surface area contributed by atoms with Gasteiger partial charge in [-0.2, -0.15) is 0 Å². The zero-order valence-corrected chi connectivity index (χ0v) is 11.9. The van der Waals surface area contributed by atoms with Gasteiger partial charge in [0.2, 0.25) is 0 Å². The fourth-order valence-electron chi connectivity index (χ4n) is 6.22. The second-order valence-electron chi connectivity index (χ2n) is 7.50. The highest BCUT2D eigenvalue weighted by Gasteiger charge is 2.66. The molecule has 3 saturated carbocycles. The Balaban J connectivity index is 1.48. The van der Waals surface area contributed by atoms with E-state index in [4.69, 9.17) is 9.47 Å². The molecule has 2 saturated heterocycles. The van der Waals surface area contributed by atoms with E-state index in [1.54, 1.807) is 0 Å². The van der Waals surface area contributed by atoms with Crippen LogP contribution in [0.2, 0.25) is 0 Å². The average Bonchev–Trinajstić information content (AvgIpc) is 3.09. The van der Waals surface area contributed by atoms with E-state index in [2.05, 4.69) is 0 Å². The monoisotopic (exact) mass is 304 g/mol. The molecule has 6 heteroatoms. The van der Waals surface area contributed by atoms with Gasteiger partial charge in [-0.15, -0.1) is 0 Å². The Labute approximate surface area is 126 Å². The summed E-state index contributed by atoms with van der Waals surface area (Å²) in [5.74, 6) is -1.19. The van der Waals surface area contributed by atoms with Gasteiger partial charge in [0.25, 0.3) is 0 Å². The summed E-state index contributed by atoms with van der Waals surface area (Å²) in [6.07, 6.45) is 2.56. The molecule has 5 aliphatic rings. The molecule has 0 aromatic heterocycles. The van der Waals surface area contributed by atoms with Crippen molar-refractivity contribution in [1.29, 1.82) is 0 Å². The number of cyclic esters (lactones) is 4. The molecule has 6 nitrogen and oxygen atoms in total. The molecule has 0 aromatic rings. The first-order chi connectivity index (χ1) is 10.5. The zero-order valence-electron chi connectivity index (χ0n) is 11.9. The Morgan fingerprint density at radius 1 is 0.636 bits per heavy atom. The first kappa shape index (κ1) is 12.8. The Kier molecular flexibility index (Phi) is 2.31. The van der Waals surface area contributed by atoms with Gasteiger partial charge in [0.1, 0.15) is 0 Å². The van der Waals surface area contributed by atoms with E-state index in [0.29, 0.717) is 31.1 Å². The third kappa shape index (κ3) is 1.41. The van der Waals surface area contributed by atoms with Crippen LogP contribution in [-0.4, -0.2) is 23.9 Å². The molecule has 2 aliphatic heterocycles. The lowest BCUT2D eigenvalue weighted by atomic mass is 9.58. The number of rotatable bonds is 0. The third-order valence-electron chi connectivity index (χ3n) is 6.90. The molecule has 0 amide bonds. The smallest absolute Gasteiger partial charge is 0.317 e. The fourth-order valence-corrected chi connectivity index (χ4v) is 6.22. The number of ether oxygens (including phenoxy) is 2. The molecular formula is C16H16O6. The maximum Gasteiger partial charge on any atom is 0.317 e. The highest BCUT2D eigenvalue weighted by molar-refractivity contribution is 5.96. The lowest BCUT2D eigenvalue weighted by Gasteiger charge is -2.45. The van der Waals surface area contributed by atoms with E-state index in [-0.39, 0.29) is 47.4 Å². The third-order valence-corrected chi connectivity index (χ3v) is 6.90. The SMILES string of the molecule is O=C1CC2C3CC(C4CC5C(=O)OC(=O)C5CC34)C2C(=O)O1. The zero-order chi connectivity index (χ0) is 15.2. The van der Waals surface area contributed by atoms with Crippen LogP contribution in [0.5, 0.6) is 0 Å². The Morgan fingerprint density at radius 3 is 1.91 bits per heavy atom. The van der Waals surface area contributed by atoms with E-state index in [0.717, 1.165) is 6.42 Å². The Hall–Kier alpha value is -1.72. The molecule has 8 unspecified atom stereocenters. The van der Waals surface area contributed by atoms with Crippen molar-refractivity contribution in [1.82, 2.24) is 0 Å². The van der Waals surface area contributed by atoms with E-state index >= 15 is 0 Å². The molecule has 0 N–H and O–H groups in total. The summed E-state index contributed by atoms with van der Waals surface area (Å²) in [4.78, 5) is 47.3. The van der Waals surface area contributed by atoms with Gasteiger partial charge in [-0.3, -0.25) is 19.2 Å². The molecule has 5 fully saturated rings. The maximum atomic E-state index is 12.1. The second-order valence-corrected chi connectivity index (χ2v) is 7.50. The lowest BCUT2D eigenvalue weighted by Crippen LogP contribution is -2.48. The molecule has 5 rings (SSSR count). The van der Waals surface area contributed by atoms with E-state index in [1.165, 1.54) is 0 Å². The van der Waals surface area contributed by atoms with Gasteiger partial charge >= 0.3 is 23.9 Å². The highest BCUT2D eigenvalue weighted by atomic mass is 16.6. The van der Waals surface area contributed by atoms with Crippen molar-refractivity contribution in [3.05, 3.63) is 0 Å². The van der Waals surface area contributed by atoms with Crippen LogP contribution in [0.15, 0.2) is 0 Å². The second kappa shape index (κ2) is 3.97. The van der Waals surface area contributed by atoms with Crippen LogP contribution in [0, 0.1) is 47.3 Å². The van der Waals surface area contributed by atoms with Gasteiger partial charge in [-0.1, -0.05) is 0 Å². The summed E-state index contributed by atoms with van der Waals surface area (Å²) in [6.45, 7) is 0. The van der Waals surface area contributed by atoms with Crippen LogP contribution in [0.3, 0.4) is 0 Å². The van der Waals surface area contributed by atoms with Crippen LogP contribution < -0.4 is 0 Å². The summed E-state index contributed by atoms with van der Waals surface area (Å²) in [5.41, 5.74) is 0. The quantitative estimate of drug-likeness (QED) is 0.483. The van der Waals surface area contributed by atoms with Gasteiger partial charge in [-0.05, 0) is 48.9 Å². The molecule has 0 aromatic carbocycles. The minimum Gasteiger partial charge on any atom is -0.393 e. The first-order valence-corrected chi connectivity index (χ1v) is 8.04. The summed E-state index contributed by atoms with van der Waals surface area (Å²) in [7, 11) is 0. The van der Waals surface area contributed by atoms with Gasteiger partial charge in [-0.25, -0.2) is 0 Å². The molecular weight excluding hydrogens is 288 g/mol. The van der Waals surface area contributed by atoms with Gasteiger partial charge in [0.05, 0.1) is 17.8 Å². The van der Waals surface area contributed by atoms with Crippen LogP contribution in [0.1, 0.15) is 25.7 Å². The molecule has 3 aliphatic carbocycles. The first-order valence-electron chi connectivity index (χ1n) is 8.04. The van der Waals surface area contributed by atoms with Crippen molar-refractivity contribution < 1.29 is 28.7 Å². The summed E-state index contributed by atoms with van der Waals surface area (Å²) in [5, 5.41) is 0. The Bertz CT molecular complexity index is 624. The fraction of sp³-hybridized carbons (Fsp3) is 0.750. The number of carbonyl (C=O) groups excluding carboxylic acids is 4. The highest BCUT2D eigenvalue weighted by Crippen LogP contribution is 2.65. The lowest BCUT2D eigenvalue weighted by molar-refractivity contribution is -0.176. The standard InChI is InChI=1S/C16H16O6/c17-12-4-9-6-1-8(13(9)16(20)21-12)7-3-11-10(2-5(6)7)14(18)22-15(11)19/h5-11,13H,1-4H2. The largest absolute Gasteiger partial charge is 0.393 e. The van der Waals surface area contributed by atoms with E-state index in [1.807, 2.05) is 0 Å². The summed E-state index contributed by atoms with van der Waals surface area (Å²) >= 11 is 0. The number of hydrogen-bond acceptors (Lipinski definition) is 6. The number of esters is 4. The van der Waals surface area contributed by atoms with Gasteiger partial charge < -0.3 is 9.47 Å². The predicted octanol–water partition coefficient (Wildman–Crippen LogP) is 0.684. The molecule has 22 heavy (non-hydrogen) atoms. The summed E-state index contributed by atoms with van der Waals surface area (Å²) < 4.78 is 9.63. The van der Waals surface area contributed by atoms with Crippen molar-refractivity contribution in [3.63, 3.8) is 0 Å². The summed E-state index contributed by atoms with van der Waals surface area (Å²) in [6, 6.07) is 0. The number of fused-ring (bicyclic) bond motifs is 9. The topological polar surface area (TPSA) is 86.7 Å². The number of carbonyl (C=O) groups is 4. The molecule has 116 valence electrons. The number of hydrogen-bond donors (Lipinski definition) is 0.